The minimum absolute atomic E-state index is 0.0185. The summed E-state index contributed by atoms with van der Waals surface area (Å²) in [7, 11) is -3.47. The van der Waals surface area contributed by atoms with Crippen LogP contribution in [0.15, 0.2) is 29.2 Å². The molecule has 3 nitrogen and oxygen atoms in total. The molecule has 0 radical (unpaired) electrons. The second-order valence-corrected chi connectivity index (χ2v) is 6.33. The van der Waals surface area contributed by atoms with Gasteiger partial charge >= 0.3 is 0 Å². The van der Waals surface area contributed by atoms with Gasteiger partial charge in [-0.15, -0.1) is 0 Å². The molecule has 2 atom stereocenters. The van der Waals surface area contributed by atoms with Gasteiger partial charge in [0, 0.05) is 6.54 Å². The van der Waals surface area contributed by atoms with E-state index in [2.05, 4.69) is 0 Å². The standard InChI is InChI=1S/C12H18FNO2S/c1-3-9(2)12(8-14)17(15,16)11-6-4-10(13)5-7-11/h4-7,9,12H,3,8,14H2,1-2H3/t9-,12+/m0/s1. The molecule has 1 rings (SSSR count). The minimum atomic E-state index is -3.47. The maximum absolute atomic E-state index is 12.8. The summed E-state index contributed by atoms with van der Waals surface area (Å²) in [5, 5.41) is -0.613. The lowest BCUT2D eigenvalue weighted by Gasteiger charge is -2.21. The average molecular weight is 259 g/mol. The van der Waals surface area contributed by atoms with E-state index in [1.807, 2.05) is 13.8 Å². The smallest absolute Gasteiger partial charge is 0.182 e. The summed E-state index contributed by atoms with van der Waals surface area (Å²) < 4.78 is 37.3. The van der Waals surface area contributed by atoms with E-state index in [9.17, 15) is 12.8 Å². The first-order valence-corrected chi connectivity index (χ1v) is 7.17. The van der Waals surface area contributed by atoms with Crippen molar-refractivity contribution in [2.45, 2.75) is 30.4 Å². The third kappa shape index (κ3) is 3.04. The number of sulfone groups is 1. The monoisotopic (exact) mass is 259 g/mol. The molecule has 0 aliphatic rings. The Balaban J connectivity index is 3.13. The van der Waals surface area contributed by atoms with Crippen LogP contribution in [-0.2, 0) is 9.84 Å². The predicted octanol–water partition coefficient (Wildman–Crippen LogP) is 1.97. The fraction of sp³-hybridized carbons (Fsp3) is 0.500. The number of rotatable bonds is 5. The van der Waals surface area contributed by atoms with Gasteiger partial charge in [0.05, 0.1) is 10.1 Å². The van der Waals surface area contributed by atoms with E-state index < -0.39 is 20.9 Å². The molecule has 0 spiro atoms. The van der Waals surface area contributed by atoms with Crippen LogP contribution in [0.3, 0.4) is 0 Å². The van der Waals surface area contributed by atoms with Crippen LogP contribution in [0, 0.1) is 11.7 Å². The Hall–Kier alpha value is -0.940. The third-order valence-electron chi connectivity index (χ3n) is 3.05. The first-order valence-electron chi connectivity index (χ1n) is 5.63. The van der Waals surface area contributed by atoms with Crippen molar-refractivity contribution in [2.75, 3.05) is 6.54 Å². The Morgan fingerprint density at radius 3 is 2.24 bits per heavy atom. The van der Waals surface area contributed by atoms with E-state index in [0.29, 0.717) is 0 Å². The van der Waals surface area contributed by atoms with Gasteiger partial charge < -0.3 is 5.73 Å². The maximum Gasteiger partial charge on any atom is 0.182 e. The summed E-state index contributed by atoms with van der Waals surface area (Å²) >= 11 is 0. The number of hydrogen-bond donors (Lipinski definition) is 1. The zero-order valence-corrected chi connectivity index (χ0v) is 10.9. The predicted molar refractivity (Wildman–Crippen MR) is 65.9 cm³/mol. The molecule has 0 saturated carbocycles. The van der Waals surface area contributed by atoms with Gasteiger partial charge in [0.15, 0.2) is 9.84 Å². The van der Waals surface area contributed by atoms with Crippen molar-refractivity contribution in [3.05, 3.63) is 30.1 Å². The van der Waals surface area contributed by atoms with Crippen molar-refractivity contribution in [1.29, 1.82) is 0 Å². The lowest BCUT2D eigenvalue weighted by Crippen LogP contribution is -2.35. The highest BCUT2D eigenvalue weighted by atomic mass is 32.2. The Kier molecular flexibility index (Phi) is 4.65. The van der Waals surface area contributed by atoms with Crippen LogP contribution in [0.25, 0.3) is 0 Å². The van der Waals surface area contributed by atoms with E-state index in [-0.39, 0.29) is 17.4 Å². The van der Waals surface area contributed by atoms with Gasteiger partial charge in [0.25, 0.3) is 0 Å². The summed E-state index contributed by atoms with van der Waals surface area (Å²) in [6, 6.07) is 4.87. The molecular weight excluding hydrogens is 241 g/mol. The topological polar surface area (TPSA) is 60.2 Å². The molecule has 0 bridgehead atoms. The van der Waals surface area contributed by atoms with E-state index >= 15 is 0 Å². The zero-order valence-electron chi connectivity index (χ0n) is 10.1. The van der Waals surface area contributed by atoms with Crippen molar-refractivity contribution in [1.82, 2.24) is 0 Å². The van der Waals surface area contributed by atoms with Gasteiger partial charge in [-0.25, -0.2) is 12.8 Å². The molecule has 17 heavy (non-hydrogen) atoms. The van der Waals surface area contributed by atoms with Crippen LogP contribution in [0.5, 0.6) is 0 Å². The van der Waals surface area contributed by atoms with Gasteiger partial charge in [-0.2, -0.15) is 0 Å². The normalized spacial score (nSPS) is 15.5. The van der Waals surface area contributed by atoms with E-state index in [0.717, 1.165) is 18.6 Å². The lowest BCUT2D eigenvalue weighted by atomic mass is 10.1. The van der Waals surface area contributed by atoms with Crippen LogP contribution >= 0.6 is 0 Å². The van der Waals surface area contributed by atoms with Gasteiger partial charge in [0.1, 0.15) is 5.82 Å². The highest BCUT2D eigenvalue weighted by molar-refractivity contribution is 7.92. The maximum atomic E-state index is 12.8. The molecule has 1 aromatic rings. The summed E-state index contributed by atoms with van der Waals surface area (Å²) in [6.07, 6.45) is 0.738. The van der Waals surface area contributed by atoms with Crippen molar-refractivity contribution in [2.24, 2.45) is 11.7 Å². The highest BCUT2D eigenvalue weighted by Crippen LogP contribution is 2.23. The first kappa shape index (κ1) is 14.1. The largest absolute Gasteiger partial charge is 0.329 e. The molecule has 0 heterocycles. The van der Waals surface area contributed by atoms with Gasteiger partial charge in [-0.3, -0.25) is 0 Å². The molecule has 0 aliphatic carbocycles. The number of benzene rings is 1. The molecule has 96 valence electrons. The summed E-state index contributed by atoms with van der Waals surface area (Å²) in [5.74, 6) is -0.466. The van der Waals surface area contributed by atoms with Crippen molar-refractivity contribution in [3.63, 3.8) is 0 Å². The average Bonchev–Trinajstić information content (AvgIpc) is 2.29. The molecule has 2 N–H and O–H groups in total. The van der Waals surface area contributed by atoms with Gasteiger partial charge in [-0.05, 0) is 30.2 Å². The number of halogens is 1. The van der Waals surface area contributed by atoms with Crippen LogP contribution in [0.2, 0.25) is 0 Å². The first-order chi connectivity index (χ1) is 7.93. The van der Waals surface area contributed by atoms with E-state index in [1.165, 1.54) is 12.1 Å². The molecule has 0 aliphatic heterocycles. The van der Waals surface area contributed by atoms with E-state index in [4.69, 9.17) is 5.73 Å². The van der Waals surface area contributed by atoms with Crippen molar-refractivity contribution < 1.29 is 12.8 Å². The number of nitrogens with two attached hydrogens (primary N) is 1. The number of hydrogen-bond acceptors (Lipinski definition) is 3. The lowest BCUT2D eigenvalue weighted by molar-refractivity contribution is 0.495. The fourth-order valence-corrected chi connectivity index (χ4v) is 3.65. The van der Waals surface area contributed by atoms with Crippen LogP contribution in [0.1, 0.15) is 20.3 Å². The quantitative estimate of drug-likeness (QED) is 0.822. The molecule has 0 saturated heterocycles. The van der Waals surface area contributed by atoms with E-state index in [1.54, 1.807) is 0 Å². The third-order valence-corrected chi connectivity index (χ3v) is 5.44. The molecule has 1 aromatic carbocycles. The Morgan fingerprint density at radius 2 is 1.82 bits per heavy atom. The molecule has 0 aromatic heterocycles. The molecular formula is C12H18FNO2S. The zero-order chi connectivity index (χ0) is 13.1. The van der Waals surface area contributed by atoms with Gasteiger partial charge in [0.2, 0.25) is 0 Å². The minimum Gasteiger partial charge on any atom is -0.329 e. The fourth-order valence-electron chi connectivity index (χ4n) is 1.73. The highest BCUT2D eigenvalue weighted by Gasteiger charge is 2.30. The second-order valence-electron chi connectivity index (χ2n) is 4.16. The van der Waals surface area contributed by atoms with Crippen molar-refractivity contribution in [3.8, 4) is 0 Å². The molecule has 5 heteroatoms. The van der Waals surface area contributed by atoms with Crippen molar-refractivity contribution >= 4 is 9.84 Å². The summed E-state index contributed by atoms with van der Waals surface area (Å²) in [6.45, 7) is 3.86. The Labute approximate surface area is 102 Å². The molecule has 0 fully saturated rings. The molecule has 0 unspecified atom stereocenters. The summed E-state index contributed by atoms with van der Waals surface area (Å²) in [4.78, 5) is 0.134. The van der Waals surface area contributed by atoms with Crippen LogP contribution in [0.4, 0.5) is 4.39 Å². The van der Waals surface area contributed by atoms with Crippen LogP contribution < -0.4 is 5.73 Å². The second kappa shape index (κ2) is 5.60. The SMILES string of the molecule is CC[C@H](C)[C@@H](CN)S(=O)(=O)c1ccc(F)cc1. The Morgan fingerprint density at radius 1 is 1.29 bits per heavy atom. The van der Waals surface area contributed by atoms with Crippen LogP contribution in [-0.4, -0.2) is 20.2 Å². The Bertz CT molecular complexity index is 456. The summed E-state index contributed by atoms with van der Waals surface area (Å²) in [5.41, 5.74) is 5.55. The molecule has 0 amide bonds. The van der Waals surface area contributed by atoms with Gasteiger partial charge in [-0.1, -0.05) is 20.3 Å².